The lowest BCUT2D eigenvalue weighted by Gasteiger charge is -2.14. The van der Waals surface area contributed by atoms with Crippen LogP contribution in [0.25, 0.3) is 0 Å². The average Bonchev–Trinajstić information content (AvgIpc) is 2.46. The first-order valence-electron chi connectivity index (χ1n) is 6.99. The smallest absolute Gasteiger partial charge is 0.126 e. The molecule has 4 heteroatoms. The summed E-state index contributed by atoms with van der Waals surface area (Å²) in [6.45, 7) is 4.73. The van der Waals surface area contributed by atoms with Crippen molar-refractivity contribution < 1.29 is 13.9 Å². The first-order valence-corrected chi connectivity index (χ1v) is 6.99. The van der Waals surface area contributed by atoms with Gasteiger partial charge in [-0.3, -0.25) is 0 Å². The lowest BCUT2D eigenvalue weighted by molar-refractivity contribution is 0.285. The molecule has 2 aromatic carbocycles. The quantitative estimate of drug-likeness (QED) is 0.879. The van der Waals surface area contributed by atoms with E-state index in [0.717, 1.165) is 16.9 Å². The van der Waals surface area contributed by atoms with Crippen LogP contribution in [0, 0.1) is 5.82 Å². The van der Waals surface area contributed by atoms with E-state index in [0.29, 0.717) is 19.0 Å². The minimum atomic E-state index is -0.318. The van der Waals surface area contributed by atoms with E-state index < -0.39 is 0 Å². The Morgan fingerprint density at radius 2 is 1.95 bits per heavy atom. The van der Waals surface area contributed by atoms with E-state index in [1.54, 1.807) is 12.1 Å². The Morgan fingerprint density at radius 1 is 1.14 bits per heavy atom. The fourth-order valence-electron chi connectivity index (χ4n) is 2.01. The Hall–Kier alpha value is -2.07. The lowest BCUT2D eigenvalue weighted by atomic mass is 10.1. The van der Waals surface area contributed by atoms with Gasteiger partial charge in [0, 0.05) is 17.7 Å². The summed E-state index contributed by atoms with van der Waals surface area (Å²) >= 11 is 0. The van der Waals surface area contributed by atoms with Gasteiger partial charge < -0.3 is 15.2 Å². The van der Waals surface area contributed by atoms with Crippen molar-refractivity contribution in [2.75, 3.05) is 6.61 Å². The van der Waals surface area contributed by atoms with Gasteiger partial charge in [-0.1, -0.05) is 12.1 Å². The number of hydrogen-bond acceptors (Lipinski definition) is 3. The summed E-state index contributed by atoms with van der Waals surface area (Å²) in [5.74, 6) is 0.934. The van der Waals surface area contributed by atoms with Crippen molar-refractivity contribution in [3.8, 4) is 11.5 Å². The molecule has 3 nitrogen and oxygen atoms in total. The topological polar surface area (TPSA) is 44.5 Å². The minimum Gasteiger partial charge on any atom is -0.493 e. The van der Waals surface area contributed by atoms with Crippen molar-refractivity contribution in [3.05, 3.63) is 59.4 Å². The van der Waals surface area contributed by atoms with Gasteiger partial charge in [-0.15, -0.1) is 0 Å². The Kier molecular flexibility index (Phi) is 5.17. The van der Waals surface area contributed by atoms with Crippen LogP contribution in [0.3, 0.4) is 0 Å². The highest BCUT2D eigenvalue weighted by molar-refractivity contribution is 5.38. The number of hydrogen-bond donors (Lipinski definition) is 1. The van der Waals surface area contributed by atoms with Crippen molar-refractivity contribution in [2.24, 2.45) is 5.73 Å². The predicted molar refractivity (Wildman–Crippen MR) is 80.9 cm³/mol. The Balaban J connectivity index is 2.18. The second kappa shape index (κ2) is 7.09. The molecule has 0 saturated carbocycles. The van der Waals surface area contributed by atoms with Crippen LogP contribution in [0.4, 0.5) is 4.39 Å². The molecule has 0 saturated heterocycles. The lowest BCUT2D eigenvalue weighted by Crippen LogP contribution is -2.07. The molecule has 0 amide bonds. The number of ether oxygens (including phenoxy) is 2. The third-order valence-electron chi connectivity index (χ3n) is 3.10. The number of nitrogens with two attached hydrogens (primary N) is 1. The Bertz CT molecular complexity index is 599. The summed E-state index contributed by atoms with van der Waals surface area (Å²) in [6, 6.07) is 11.8. The fraction of sp³-hybridized carbons (Fsp3) is 0.294. The maximum Gasteiger partial charge on any atom is 0.126 e. The van der Waals surface area contributed by atoms with Crippen molar-refractivity contribution in [1.29, 1.82) is 0 Å². The molecule has 2 aromatic rings. The zero-order chi connectivity index (χ0) is 15.2. The summed E-state index contributed by atoms with van der Waals surface area (Å²) in [6.07, 6.45) is 0. The molecule has 0 aliphatic heterocycles. The van der Waals surface area contributed by atoms with Gasteiger partial charge in [0.05, 0.1) is 6.61 Å². The van der Waals surface area contributed by atoms with Crippen LogP contribution in [0.15, 0.2) is 42.5 Å². The highest BCUT2D eigenvalue weighted by Gasteiger charge is 2.09. The van der Waals surface area contributed by atoms with E-state index in [2.05, 4.69) is 0 Å². The first kappa shape index (κ1) is 15.3. The van der Waals surface area contributed by atoms with Crippen LogP contribution >= 0.6 is 0 Å². The van der Waals surface area contributed by atoms with E-state index in [1.165, 1.54) is 12.1 Å². The number of rotatable bonds is 6. The second-order valence-corrected chi connectivity index (χ2v) is 4.83. The Labute approximate surface area is 124 Å². The molecule has 0 aliphatic carbocycles. The summed E-state index contributed by atoms with van der Waals surface area (Å²) < 4.78 is 24.4. The molecule has 1 atom stereocenters. The van der Waals surface area contributed by atoms with Crippen molar-refractivity contribution in [1.82, 2.24) is 0 Å². The highest BCUT2D eigenvalue weighted by atomic mass is 19.1. The molecule has 0 radical (unpaired) electrons. The van der Waals surface area contributed by atoms with Crippen LogP contribution in [0.2, 0.25) is 0 Å². The van der Waals surface area contributed by atoms with Crippen LogP contribution in [0.5, 0.6) is 11.5 Å². The monoisotopic (exact) mass is 289 g/mol. The zero-order valence-corrected chi connectivity index (χ0v) is 12.3. The summed E-state index contributed by atoms with van der Waals surface area (Å²) in [4.78, 5) is 0. The molecule has 21 heavy (non-hydrogen) atoms. The molecule has 112 valence electrons. The molecule has 0 fully saturated rings. The maximum absolute atomic E-state index is 13.1. The molecular formula is C17H20FNO2. The van der Waals surface area contributed by atoms with Gasteiger partial charge in [-0.25, -0.2) is 4.39 Å². The molecule has 1 unspecified atom stereocenters. The molecule has 0 spiro atoms. The molecule has 0 bridgehead atoms. The van der Waals surface area contributed by atoms with Gasteiger partial charge in [0.1, 0.15) is 23.9 Å². The first-order chi connectivity index (χ1) is 10.1. The standard InChI is InChI=1S/C17H20FNO2/c1-3-20-17-8-7-13(12(2)19)9-14(17)11-21-16-6-4-5-15(18)10-16/h4-10,12H,3,11,19H2,1-2H3. The number of benzene rings is 2. The normalized spacial score (nSPS) is 12.0. The van der Waals surface area contributed by atoms with Crippen LogP contribution in [-0.4, -0.2) is 6.61 Å². The molecule has 2 rings (SSSR count). The molecule has 2 N–H and O–H groups in total. The van der Waals surface area contributed by atoms with E-state index in [-0.39, 0.29) is 11.9 Å². The van der Waals surface area contributed by atoms with Crippen LogP contribution in [-0.2, 0) is 6.61 Å². The van der Waals surface area contributed by atoms with Crippen LogP contribution < -0.4 is 15.2 Å². The zero-order valence-electron chi connectivity index (χ0n) is 12.3. The van der Waals surface area contributed by atoms with E-state index in [9.17, 15) is 4.39 Å². The third kappa shape index (κ3) is 4.20. The molecule has 0 aromatic heterocycles. The summed E-state index contributed by atoms with van der Waals surface area (Å²) in [7, 11) is 0. The summed E-state index contributed by atoms with van der Waals surface area (Å²) in [5, 5.41) is 0. The van der Waals surface area contributed by atoms with Crippen molar-refractivity contribution in [2.45, 2.75) is 26.5 Å². The largest absolute Gasteiger partial charge is 0.493 e. The number of halogens is 1. The summed E-state index contributed by atoms with van der Waals surface area (Å²) in [5.41, 5.74) is 7.81. The van der Waals surface area contributed by atoms with Crippen molar-refractivity contribution >= 4 is 0 Å². The highest BCUT2D eigenvalue weighted by Crippen LogP contribution is 2.25. The fourth-order valence-corrected chi connectivity index (χ4v) is 2.01. The maximum atomic E-state index is 13.1. The molecular weight excluding hydrogens is 269 g/mol. The predicted octanol–water partition coefficient (Wildman–Crippen LogP) is 3.82. The van der Waals surface area contributed by atoms with Gasteiger partial charge in [0.15, 0.2) is 0 Å². The second-order valence-electron chi connectivity index (χ2n) is 4.83. The SMILES string of the molecule is CCOc1ccc(C(C)N)cc1COc1cccc(F)c1. The third-order valence-corrected chi connectivity index (χ3v) is 3.10. The molecule has 0 aliphatic rings. The van der Waals surface area contributed by atoms with Gasteiger partial charge in [0.2, 0.25) is 0 Å². The van der Waals surface area contributed by atoms with Crippen molar-refractivity contribution in [3.63, 3.8) is 0 Å². The van der Waals surface area contributed by atoms with Gasteiger partial charge >= 0.3 is 0 Å². The Morgan fingerprint density at radius 3 is 2.62 bits per heavy atom. The van der Waals surface area contributed by atoms with Gasteiger partial charge in [-0.2, -0.15) is 0 Å². The van der Waals surface area contributed by atoms with E-state index >= 15 is 0 Å². The van der Waals surface area contributed by atoms with E-state index in [4.69, 9.17) is 15.2 Å². The minimum absolute atomic E-state index is 0.0615. The van der Waals surface area contributed by atoms with Crippen LogP contribution in [0.1, 0.15) is 31.0 Å². The molecule has 0 heterocycles. The average molecular weight is 289 g/mol. The van der Waals surface area contributed by atoms with E-state index in [1.807, 2.05) is 32.0 Å². The van der Waals surface area contributed by atoms with Gasteiger partial charge in [0.25, 0.3) is 0 Å². The van der Waals surface area contributed by atoms with Gasteiger partial charge in [-0.05, 0) is 43.7 Å².